The summed E-state index contributed by atoms with van der Waals surface area (Å²) >= 11 is 12.0. The standard InChI is InChI=1S/C17H19Cl2NO4/c18-13-4-3-11(8-14(13)19)15-2-1-6-20(15)16(21)10-24-17(22)12-5-7-23-9-12/h3-4,8,12,15H,1-2,5-7,9-10H2. The van der Waals surface area contributed by atoms with Crippen molar-refractivity contribution in [2.45, 2.75) is 25.3 Å². The molecule has 0 spiro atoms. The lowest BCUT2D eigenvalue weighted by Crippen LogP contribution is -2.35. The Hall–Kier alpha value is -1.30. The molecule has 24 heavy (non-hydrogen) atoms. The van der Waals surface area contributed by atoms with Crippen LogP contribution in [0.5, 0.6) is 0 Å². The molecule has 0 bridgehead atoms. The van der Waals surface area contributed by atoms with Crippen LogP contribution in [-0.4, -0.2) is 43.1 Å². The summed E-state index contributed by atoms with van der Waals surface area (Å²) in [5.41, 5.74) is 0.950. The number of carbonyl (C=O) groups is 2. The summed E-state index contributed by atoms with van der Waals surface area (Å²) in [7, 11) is 0. The second-order valence-electron chi connectivity index (χ2n) is 6.09. The Morgan fingerprint density at radius 3 is 2.79 bits per heavy atom. The van der Waals surface area contributed by atoms with Gasteiger partial charge in [-0.05, 0) is 37.0 Å². The third-order valence-electron chi connectivity index (χ3n) is 4.50. The van der Waals surface area contributed by atoms with Gasteiger partial charge in [0.1, 0.15) is 0 Å². The molecule has 2 unspecified atom stereocenters. The molecule has 7 heteroatoms. The molecule has 0 aromatic heterocycles. The van der Waals surface area contributed by atoms with Crippen molar-refractivity contribution < 1.29 is 19.1 Å². The number of nitrogens with zero attached hydrogens (tertiary/aromatic N) is 1. The molecule has 2 atom stereocenters. The van der Waals surface area contributed by atoms with Gasteiger partial charge in [0.15, 0.2) is 6.61 Å². The van der Waals surface area contributed by atoms with Crippen molar-refractivity contribution >= 4 is 35.1 Å². The first-order valence-corrected chi connectivity index (χ1v) is 8.80. The van der Waals surface area contributed by atoms with Crippen molar-refractivity contribution in [2.24, 2.45) is 5.92 Å². The Bertz CT molecular complexity index is 631. The monoisotopic (exact) mass is 371 g/mol. The van der Waals surface area contributed by atoms with Gasteiger partial charge in [0.05, 0.1) is 28.6 Å². The lowest BCUT2D eigenvalue weighted by atomic mass is 10.0. The molecule has 0 aliphatic carbocycles. The number of carbonyl (C=O) groups excluding carboxylic acids is 2. The number of ether oxygens (including phenoxy) is 2. The Kier molecular flexibility index (Phi) is 5.64. The number of likely N-dealkylation sites (tertiary alicyclic amines) is 1. The Morgan fingerprint density at radius 1 is 1.25 bits per heavy atom. The van der Waals surface area contributed by atoms with Gasteiger partial charge in [0, 0.05) is 13.2 Å². The van der Waals surface area contributed by atoms with Crippen LogP contribution in [0.1, 0.15) is 30.9 Å². The van der Waals surface area contributed by atoms with E-state index in [1.54, 1.807) is 17.0 Å². The van der Waals surface area contributed by atoms with E-state index < -0.39 is 0 Å². The summed E-state index contributed by atoms with van der Waals surface area (Å²) in [4.78, 5) is 26.1. The number of esters is 1. The first-order chi connectivity index (χ1) is 11.6. The Labute approximate surface area is 150 Å². The van der Waals surface area contributed by atoms with Crippen LogP contribution in [0.15, 0.2) is 18.2 Å². The van der Waals surface area contributed by atoms with Crippen molar-refractivity contribution in [1.82, 2.24) is 4.90 Å². The SMILES string of the molecule is O=C(OCC(=O)N1CCCC1c1ccc(Cl)c(Cl)c1)C1CCOC1. The highest BCUT2D eigenvalue weighted by Gasteiger charge is 2.32. The third kappa shape index (κ3) is 3.85. The number of hydrogen-bond acceptors (Lipinski definition) is 4. The minimum Gasteiger partial charge on any atom is -0.455 e. The van der Waals surface area contributed by atoms with E-state index in [-0.39, 0.29) is 30.4 Å². The highest BCUT2D eigenvalue weighted by molar-refractivity contribution is 6.42. The lowest BCUT2D eigenvalue weighted by Gasteiger charge is -2.25. The van der Waals surface area contributed by atoms with Crippen LogP contribution >= 0.6 is 23.2 Å². The highest BCUT2D eigenvalue weighted by Crippen LogP contribution is 2.35. The van der Waals surface area contributed by atoms with E-state index in [9.17, 15) is 9.59 Å². The van der Waals surface area contributed by atoms with E-state index in [1.165, 1.54) is 0 Å². The largest absolute Gasteiger partial charge is 0.455 e. The fraction of sp³-hybridized carbons (Fsp3) is 0.529. The normalized spacial score (nSPS) is 23.5. The van der Waals surface area contributed by atoms with E-state index in [4.69, 9.17) is 32.7 Å². The Morgan fingerprint density at radius 2 is 2.08 bits per heavy atom. The molecular weight excluding hydrogens is 353 g/mol. The minimum absolute atomic E-state index is 0.0548. The summed E-state index contributed by atoms with van der Waals surface area (Å²) in [6.07, 6.45) is 2.41. The van der Waals surface area contributed by atoms with E-state index in [1.807, 2.05) is 6.07 Å². The topological polar surface area (TPSA) is 55.8 Å². The first-order valence-electron chi connectivity index (χ1n) is 8.05. The molecule has 0 saturated carbocycles. The van der Waals surface area contributed by atoms with Gasteiger partial charge < -0.3 is 14.4 Å². The van der Waals surface area contributed by atoms with Crippen LogP contribution in [0.4, 0.5) is 0 Å². The zero-order valence-corrected chi connectivity index (χ0v) is 14.7. The second kappa shape index (κ2) is 7.72. The van der Waals surface area contributed by atoms with Gasteiger partial charge >= 0.3 is 5.97 Å². The predicted molar refractivity (Wildman–Crippen MR) is 90.0 cm³/mol. The van der Waals surface area contributed by atoms with Gasteiger partial charge in [-0.25, -0.2) is 0 Å². The van der Waals surface area contributed by atoms with Gasteiger partial charge in [0.2, 0.25) is 0 Å². The fourth-order valence-electron chi connectivity index (χ4n) is 3.19. The zero-order chi connectivity index (χ0) is 17.1. The van der Waals surface area contributed by atoms with E-state index in [2.05, 4.69) is 0 Å². The highest BCUT2D eigenvalue weighted by atomic mass is 35.5. The number of benzene rings is 1. The van der Waals surface area contributed by atoms with Crippen LogP contribution in [0.2, 0.25) is 10.0 Å². The molecule has 3 rings (SSSR count). The van der Waals surface area contributed by atoms with Crippen LogP contribution < -0.4 is 0 Å². The smallest absolute Gasteiger partial charge is 0.311 e. The molecule has 2 saturated heterocycles. The number of amides is 1. The van der Waals surface area contributed by atoms with Gasteiger partial charge in [-0.1, -0.05) is 29.3 Å². The summed E-state index contributed by atoms with van der Waals surface area (Å²) in [6.45, 7) is 1.36. The zero-order valence-electron chi connectivity index (χ0n) is 13.2. The van der Waals surface area contributed by atoms with Gasteiger partial charge in [-0.2, -0.15) is 0 Å². The van der Waals surface area contributed by atoms with Crippen molar-refractivity contribution in [2.75, 3.05) is 26.4 Å². The number of rotatable bonds is 4. The van der Waals surface area contributed by atoms with Crippen LogP contribution in [0.3, 0.4) is 0 Å². The molecular formula is C17H19Cl2NO4. The minimum atomic E-state index is -0.355. The van der Waals surface area contributed by atoms with Gasteiger partial charge in [-0.3, -0.25) is 9.59 Å². The maximum atomic E-state index is 12.5. The average Bonchev–Trinajstić information content (AvgIpc) is 3.26. The van der Waals surface area contributed by atoms with Gasteiger partial charge in [0.25, 0.3) is 5.91 Å². The second-order valence-corrected chi connectivity index (χ2v) is 6.90. The maximum Gasteiger partial charge on any atom is 0.311 e. The van der Waals surface area contributed by atoms with Crippen molar-refractivity contribution in [3.8, 4) is 0 Å². The molecule has 0 radical (unpaired) electrons. The van der Waals surface area contributed by atoms with Crippen LogP contribution in [0.25, 0.3) is 0 Å². The average molecular weight is 372 g/mol. The summed E-state index contributed by atoms with van der Waals surface area (Å²) in [5.74, 6) is -0.788. The molecule has 2 heterocycles. The predicted octanol–water partition coefficient (Wildman–Crippen LogP) is 3.24. The van der Waals surface area contributed by atoms with Crippen molar-refractivity contribution in [3.63, 3.8) is 0 Å². The van der Waals surface area contributed by atoms with Crippen LogP contribution in [-0.2, 0) is 19.1 Å². The third-order valence-corrected chi connectivity index (χ3v) is 5.24. The molecule has 2 aliphatic heterocycles. The van der Waals surface area contributed by atoms with E-state index >= 15 is 0 Å². The fourth-order valence-corrected chi connectivity index (χ4v) is 3.49. The molecule has 1 aromatic rings. The lowest BCUT2D eigenvalue weighted by molar-refractivity contribution is -0.155. The molecule has 1 amide bonds. The summed E-state index contributed by atoms with van der Waals surface area (Å²) < 4.78 is 10.3. The maximum absolute atomic E-state index is 12.5. The number of hydrogen-bond donors (Lipinski definition) is 0. The molecule has 2 aliphatic rings. The van der Waals surface area contributed by atoms with E-state index in [0.29, 0.717) is 36.2 Å². The van der Waals surface area contributed by atoms with Crippen molar-refractivity contribution in [3.05, 3.63) is 33.8 Å². The molecule has 5 nitrogen and oxygen atoms in total. The first kappa shape index (κ1) is 17.5. The molecule has 1 aromatic carbocycles. The number of halogens is 2. The molecule has 2 fully saturated rings. The van der Waals surface area contributed by atoms with E-state index in [0.717, 1.165) is 18.4 Å². The summed E-state index contributed by atoms with van der Waals surface area (Å²) in [6, 6.07) is 5.36. The summed E-state index contributed by atoms with van der Waals surface area (Å²) in [5, 5.41) is 0.963. The Balaban J connectivity index is 1.60. The van der Waals surface area contributed by atoms with Crippen molar-refractivity contribution in [1.29, 1.82) is 0 Å². The quantitative estimate of drug-likeness (QED) is 0.762. The van der Waals surface area contributed by atoms with Gasteiger partial charge in [-0.15, -0.1) is 0 Å². The molecule has 0 N–H and O–H groups in total. The molecule has 130 valence electrons. The van der Waals surface area contributed by atoms with Crippen LogP contribution in [0, 0.1) is 5.92 Å².